The van der Waals surface area contributed by atoms with Gasteiger partial charge >= 0.3 is 5.97 Å². The van der Waals surface area contributed by atoms with Gasteiger partial charge in [0, 0.05) is 14.4 Å². The van der Waals surface area contributed by atoms with Crippen LogP contribution in [0.1, 0.15) is 6.92 Å². The van der Waals surface area contributed by atoms with Crippen molar-refractivity contribution in [3.05, 3.63) is 12.2 Å². The highest BCUT2D eigenvalue weighted by Crippen LogP contribution is 1.96. The van der Waals surface area contributed by atoms with Crippen molar-refractivity contribution in [2.75, 3.05) is 6.61 Å². The van der Waals surface area contributed by atoms with Gasteiger partial charge in [0.15, 0.2) is 0 Å². The van der Waals surface area contributed by atoms with E-state index in [0.717, 1.165) is 6.04 Å². The van der Waals surface area contributed by atoms with Gasteiger partial charge in [0.25, 0.3) is 0 Å². The fourth-order valence-electron chi connectivity index (χ4n) is 0.511. The molecular weight excluding hydrogens is 156 g/mol. The van der Waals surface area contributed by atoms with Gasteiger partial charge in [0.05, 0.1) is 6.61 Å². The maximum atomic E-state index is 10.8. The van der Waals surface area contributed by atoms with Crippen LogP contribution < -0.4 is 0 Å². The number of hydrogen-bond donors (Lipinski definition) is 0. The summed E-state index contributed by atoms with van der Waals surface area (Å²) in [6, 6.07) is 1.05. The largest absolute Gasteiger partial charge is 0.463 e. The van der Waals surface area contributed by atoms with Crippen LogP contribution in [0.25, 0.3) is 0 Å². The van der Waals surface area contributed by atoms with E-state index in [0.29, 0.717) is 12.2 Å². The van der Waals surface area contributed by atoms with Gasteiger partial charge in [-0.25, -0.2) is 4.79 Å². The number of carbonyl (C=O) groups excluding carboxylic acids is 1. The lowest BCUT2D eigenvalue weighted by molar-refractivity contribution is -0.138. The molecule has 0 heterocycles. The number of esters is 1. The van der Waals surface area contributed by atoms with Crippen molar-refractivity contribution in [1.29, 1.82) is 0 Å². The highest BCUT2D eigenvalue weighted by atomic mass is 28.3. The average Bonchev–Trinajstić information content (AvgIpc) is 1.86. The molecule has 0 aromatic heterocycles. The van der Waals surface area contributed by atoms with E-state index < -0.39 is 8.80 Å². The standard InChI is InChI=1S/C8H16O2Si/c1-7(2)8(9)10-5-6-11(3)4/h11H,1,5-6H2,2-4H3. The van der Waals surface area contributed by atoms with Gasteiger partial charge in [0.1, 0.15) is 0 Å². The molecule has 0 aromatic carbocycles. The molecule has 0 unspecified atom stereocenters. The summed E-state index contributed by atoms with van der Waals surface area (Å²) in [5.41, 5.74) is 0.482. The third kappa shape index (κ3) is 5.85. The Kier molecular flexibility index (Phi) is 4.86. The zero-order valence-electron chi connectivity index (χ0n) is 7.52. The third-order valence-electron chi connectivity index (χ3n) is 1.28. The predicted molar refractivity (Wildman–Crippen MR) is 49.5 cm³/mol. The normalized spacial score (nSPS) is 9.82. The monoisotopic (exact) mass is 172 g/mol. The van der Waals surface area contributed by atoms with E-state index in [2.05, 4.69) is 19.7 Å². The Hall–Kier alpha value is -0.573. The molecule has 2 nitrogen and oxygen atoms in total. The molecule has 0 aliphatic carbocycles. The first-order valence-corrected chi connectivity index (χ1v) is 6.99. The van der Waals surface area contributed by atoms with Crippen LogP contribution >= 0.6 is 0 Å². The predicted octanol–water partition coefficient (Wildman–Crippen LogP) is 1.59. The summed E-state index contributed by atoms with van der Waals surface area (Å²) in [4.78, 5) is 10.8. The molecule has 0 aliphatic heterocycles. The second kappa shape index (κ2) is 5.13. The Morgan fingerprint density at radius 1 is 1.55 bits per heavy atom. The lowest BCUT2D eigenvalue weighted by Crippen LogP contribution is -2.10. The minimum absolute atomic E-state index is 0.264. The summed E-state index contributed by atoms with van der Waals surface area (Å²) in [7, 11) is -0.568. The second-order valence-corrected chi connectivity index (χ2v) is 6.46. The first-order chi connectivity index (χ1) is 5.04. The van der Waals surface area contributed by atoms with Gasteiger partial charge in [-0.1, -0.05) is 19.7 Å². The summed E-state index contributed by atoms with van der Waals surface area (Å²) >= 11 is 0. The van der Waals surface area contributed by atoms with Crippen LogP contribution in [-0.4, -0.2) is 21.4 Å². The molecule has 0 aliphatic rings. The van der Waals surface area contributed by atoms with Crippen LogP contribution in [0.15, 0.2) is 12.2 Å². The van der Waals surface area contributed by atoms with Crippen molar-refractivity contribution in [3.8, 4) is 0 Å². The number of carbonyl (C=O) groups is 1. The van der Waals surface area contributed by atoms with Crippen molar-refractivity contribution >= 4 is 14.8 Å². The van der Waals surface area contributed by atoms with Crippen LogP contribution in [0.5, 0.6) is 0 Å². The van der Waals surface area contributed by atoms with Crippen LogP contribution in [0, 0.1) is 0 Å². The second-order valence-electron chi connectivity index (χ2n) is 3.10. The third-order valence-corrected chi connectivity index (χ3v) is 2.67. The molecule has 0 saturated carbocycles. The highest BCUT2D eigenvalue weighted by Gasteiger charge is 2.03. The minimum Gasteiger partial charge on any atom is -0.463 e. The Balaban J connectivity index is 3.40. The zero-order chi connectivity index (χ0) is 8.85. The molecule has 0 rings (SSSR count). The Morgan fingerprint density at radius 2 is 2.09 bits per heavy atom. The molecule has 0 amide bonds. The quantitative estimate of drug-likeness (QED) is 0.366. The van der Waals surface area contributed by atoms with Gasteiger partial charge in [0.2, 0.25) is 0 Å². The molecule has 3 heteroatoms. The number of rotatable bonds is 4. The maximum absolute atomic E-state index is 10.8. The summed E-state index contributed by atoms with van der Waals surface area (Å²) in [5.74, 6) is -0.264. The van der Waals surface area contributed by atoms with E-state index in [-0.39, 0.29) is 5.97 Å². The molecule has 0 radical (unpaired) electrons. The van der Waals surface area contributed by atoms with Crippen molar-refractivity contribution in [2.24, 2.45) is 0 Å². The molecule has 11 heavy (non-hydrogen) atoms. The Labute approximate surface area is 69.9 Å². The van der Waals surface area contributed by atoms with Crippen LogP contribution in [0.4, 0.5) is 0 Å². The first-order valence-electron chi connectivity index (χ1n) is 3.86. The van der Waals surface area contributed by atoms with E-state index >= 15 is 0 Å². The van der Waals surface area contributed by atoms with Crippen molar-refractivity contribution < 1.29 is 9.53 Å². The molecule has 0 N–H and O–H groups in total. The maximum Gasteiger partial charge on any atom is 0.333 e. The van der Waals surface area contributed by atoms with E-state index in [9.17, 15) is 4.79 Å². The molecule has 0 saturated heterocycles. The molecule has 0 atom stereocenters. The minimum atomic E-state index is -0.568. The van der Waals surface area contributed by atoms with Crippen molar-refractivity contribution in [3.63, 3.8) is 0 Å². The molecule has 0 spiro atoms. The van der Waals surface area contributed by atoms with E-state index in [1.807, 2.05) is 0 Å². The molecule has 0 bridgehead atoms. The van der Waals surface area contributed by atoms with Gasteiger partial charge < -0.3 is 4.74 Å². The fourth-order valence-corrected chi connectivity index (χ4v) is 1.10. The molecular formula is C8H16O2Si. The zero-order valence-corrected chi connectivity index (χ0v) is 8.67. The van der Waals surface area contributed by atoms with E-state index in [1.165, 1.54) is 0 Å². The average molecular weight is 172 g/mol. The smallest absolute Gasteiger partial charge is 0.333 e. The van der Waals surface area contributed by atoms with Crippen LogP contribution in [-0.2, 0) is 9.53 Å². The Bertz CT molecular complexity index is 152. The Morgan fingerprint density at radius 3 is 2.45 bits per heavy atom. The van der Waals surface area contributed by atoms with Crippen molar-refractivity contribution in [1.82, 2.24) is 0 Å². The number of hydrogen-bond acceptors (Lipinski definition) is 2. The number of ether oxygens (including phenoxy) is 1. The summed E-state index contributed by atoms with van der Waals surface area (Å²) in [6.07, 6.45) is 0. The van der Waals surface area contributed by atoms with Gasteiger partial charge in [-0.05, 0) is 13.0 Å². The van der Waals surface area contributed by atoms with E-state index in [4.69, 9.17) is 4.74 Å². The molecule has 0 aromatic rings. The molecule has 64 valence electrons. The summed E-state index contributed by atoms with van der Waals surface area (Å²) in [6.45, 7) is 10.2. The molecule has 0 fully saturated rings. The van der Waals surface area contributed by atoms with E-state index in [1.54, 1.807) is 6.92 Å². The van der Waals surface area contributed by atoms with Crippen LogP contribution in [0.3, 0.4) is 0 Å². The van der Waals surface area contributed by atoms with Gasteiger partial charge in [-0.3, -0.25) is 0 Å². The van der Waals surface area contributed by atoms with Crippen LogP contribution in [0.2, 0.25) is 19.1 Å². The summed E-state index contributed by atoms with van der Waals surface area (Å²) < 4.78 is 4.91. The lowest BCUT2D eigenvalue weighted by Gasteiger charge is -2.04. The first kappa shape index (κ1) is 10.4. The van der Waals surface area contributed by atoms with Gasteiger partial charge in [-0.15, -0.1) is 0 Å². The highest BCUT2D eigenvalue weighted by molar-refractivity contribution is 6.55. The SMILES string of the molecule is C=C(C)C(=O)OCC[SiH](C)C. The lowest BCUT2D eigenvalue weighted by atomic mass is 10.4. The topological polar surface area (TPSA) is 26.3 Å². The van der Waals surface area contributed by atoms with Crippen molar-refractivity contribution in [2.45, 2.75) is 26.1 Å². The van der Waals surface area contributed by atoms with Gasteiger partial charge in [-0.2, -0.15) is 0 Å². The fraction of sp³-hybridized carbons (Fsp3) is 0.625. The summed E-state index contributed by atoms with van der Waals surface area (Å²) in [5, 5.41) is 0.